The first-order valence-corrected chi connectivity index (χ1v) is 8.67. The summed E-state index contributed by atoms with van der Waals surface area (Å²) in [4.78, 5) is 4.25. The predicted molar refractivity (Wildman–Crippen MR) is 101 cm³/mol. The Balaban J connectivity index is 0.000000146. The van der Waals surface area contributed by atoms with Crippen LogP contribution in [0, 0.1) is 6.92 Å². The van der Waals surface area contributed by atoms with Gasteiger partial charge in [-0.1, -0.05) is 51.1 Å². The van der Waals surface area contributed by atoms with Gasteiger partial charge in [-0.05, 0) is 41.7 Å². The summed E-state index contributed by atoms with van der Waals surface area (Å²) in [6.45, 7) is 10.4. The van der Waals surface area contributed by atoms with Gasteiger partial charge in [-0.3, -0.25) is 0 Å². The first kappa shape index (κ1) is 17.2. The molecule has 2 heterocycles. The second-order valence-electron chi connectivity index (χ2n) is 6.83. The minimum absolute atomic E-state index is 0.425. The van der Waals surface area contributed by atoms with Crippen molar-refractivity contribution in [2.24, 2.45) is 0 Å². The molecule has 0 saturated heterocycles. The minimum Gasteiger partial charge on any atom is -0.441 e. The lowest BCUT2D eigenvalue weighted by molar-refractivity contribution is 0.441. The Kier molecular flexibility index (Phi) is 4.88. The third kappa shape index (κ3) is 3.73. The molecule has 0 amide bonds. The zero-order valence-corrected chi connectivity index (χ0v) is 15.4. The first-order chi connectivity index (χ1) is 12.0. The zero-order valence-electron chi connectivity index (χ0n) is 15.4. The van der Waals surface area contributed by atoms with Gasteiger partial charge in [0.15, 0.2) is 17.1 Å². The zero-order chi connectivity index (χ0) is 18.0. The average Bonchev–Trinajstić information content (AvgIpc) is 3.16. The number of benzene rings is 2. The van der Waals surface area contributed by atoms with Crippen LogP contribution in [0.5, 0.6) is 0 Å². The van der Waals surface area contributed by atoms with E-state index in [2.05, 4.69) is 50.0 Å². The van der Waals surface area contributed by atoms with Gasteiger partial charge in [0.25, 0.3) is 0 Å². The van der Waals surface area contributed by atoms with Crippen molar-refractivity contribution in [3.8, 4) is 0 Å². The largest absolute Gasteiger partial charge is 0.441 e. The highest BCUT2D eigenvalue weighted by molar-refractivity contribution is 5.79. The third-order valence-corrected chi connectivity index (χ3v) is 4.14. The molecule has 0 fully saturated rings. The Bertz CT molecular complexity index is 980. The van der Waals surface area contributed by atoms with Crippen LogP contribution in [0.25, 0.3) is 22.1 Å². The van der Waals surface area contributed by atoms with E-state index in [1.807, 2.05) is 37.3 Å². The van der Waals surface area contributed by atoms with Gasteiger partial charge in [-0.2, -0.15) is 0 Å². The van der Waals surface area contributed by atoms with Crippen LogP contribution in [0.4, 0.5) is 0 Å². The molecule has 4 rings (SSSR count). The van der Waals surface area contributed by atoms with Gasteiger partial charge < -0.3 is 8.94 Å². The molecule has 4 aromatic rings. The van der Waals surface area contributed by atoms with E-state index in [-0.39, 0.29) is 0 Å². The Labute approximate surface area is 147 Å². The highest BCUT2D eigenvalue weighted by atomic mass is 16.5. The highest BCUT2D eigenvalue weighted by Crippen LogP contribution is 2.24. The number of nitrogens with zero attached hydrogens (tertiary/aromatic N) is 2. The molecule has 4 nitrogen and oxygen atoms in total. The maximum absolute atomic E-state index is 5.45. The molecule has 0 radical (unpaired) electrons. The van der Waals surface area contributed by atoms with E-state index < -0.39 is 0 Å². The van der Waals surface area contributed by atoms with E-state index in [0.717, 1.165) is 33.7 Å². The Hall–Kier alpha value is -2.62. The molecule has 0 atom stereocenters. The molecule has 0 unspecified atom stereocenters. The van der Waals surface area contributed by atoms with Crippen molar-refractivity contribution < 1.29 is 8.94 Å². The van der Waals surface area contributed by atoms with Crippen LogP contribution < -0.4 is 0 Å². The van der Waals surface area contributed by atoms with Crippen molar-refractivity contribution >= 4 is 22.1 Å². The van der Waals surface area contributed by atoms with Crippen LogP contribution in [-0.4, -0.2) is 10.1 Å². The summed E-state index contributed by atoms with van der Waals surface area (Å²) in [6.07, 6.45) is 0. The monoisotopic (exact) mass is 336 g/mol. The number of fused-ring (bicyclic) bond motifs is 2. The van der Waals surface area contributed by atoms with Crippen molar-refractivity contribution in [3.05, 3.63) is 59.6 Å². The van der Waals surface area contributed by atoms with E-state index in [0.29, 0.717) is 11.8 Å². The van der Waals surface area contributed by atoms with Gasteiger partial charge in [0.1, 0.15) is 5.52 Å². The van der Waals surface area contributed by atoms with Crippen LogP contribution in [0.1, 0.15) is 56.7 Å². The summed E-state index contributed by atoms with van der Waals surface area (Å²) < 4.78 is 10.6. The summed E-state index contributed by atoms with van der Waals surface area (Å²) in [5.41, 5.74) is 5.06. The average molecular weight is 336 g/mol. The van der Waals surface area contributed by atoms with Gasteiger partial charge in [0, 0.05) is 12.3 Å². The van der Waals surface area contributed by atoms with Crippen LogP contribution in [0.3, 0.4) is 0 Å². The molecule has 4 heteroatoms. The summed E-state index contributed by atoms with van der Waals surface area (Å²) in [5.74, 6) is 1.69. The molecular weight excluding hydrogens is 312 g/mol. The number of rotatable bonds is 2. The molecule has 0 spiro atoms. The molecule has 25 heavy (non-hydrogen) atoms. The summed E-state index contributed by atoms with van der Waals surface area (Å²) >= 11 is 0. The maximum atomic E-state index is 5.45. The van der Waals surface area contributed by atoms with Gasteiger partial charge in [-0.15, -0.1) is 0 Å². The summed E-state index contributed by atoms with van der Waals surface area (Å²) in [5, 5.41) is 5.15. The Morgan fingerprint density at radius 3 is 2.36 bits per heavy atom. The topological polar surface area (TPSA) is 52.1 Å². The van der Waals surface area contributed by atoms with E-state index in [1.54, 1.807) is 0 Å². The number of hydrogen-bond acceptors (Lipinski definition) is 4. The lowest BCUT2D eigenvalue weighted by Crippen LogP contribution is -1.86. The van der Waals surface area contributed by atoms with E-state index in [9.17, 15) is 0 Å². The normalized spacial score (nSPS) is 11.3. The SMILES string of the molecule is CC(C)c1noc2ccccc12.Cc1nc2ccc(C(C)C)cc2o1. The molecule has 0 aliphatic carbocycles. The van der Waals surface area contributed by atoms with Gasteiger partial charge in [0.2, 0.25) is 0 Å². The minimum atomic E-state index is 0.425. The molecule has 0 aliphatic rings. The number of para-hydroxylation sites is 1. The lowest BCUT2D eigenvalue weighted by Gasteiger charge is -2.02. The number of aryl methyl sites for hydroxylation is 1. The second-order valence-corrected chi connectivity index (χ2v) is 6.83. The summed E-state index contributed by atoms with van der Waals surface area (Å²) in [7, 11) is 0. The molecule has 0 bridgehead atoms. The van der Waals surface area contributed by atoms with Crippen molar-refractivity contribution in [1.82, 2.24) is 10.1 Å². The first-order valence-electron chi connectivity index (χ1n) is 8.67. The van der Waals surface area contributed by atoms with E-state index >= 15 is 0 Å². The number of hydrogen-bond donors (Lipinski definition) is 0. The predicted octanol–water partition coefficient (Wildman–Crippen LogP) is 6.21. The van der Waals surface area contributed by atoms with Crippen molar-refractivity contribution in [1.29, 1.82) is 0 Å². The van der Waals surface area contributed by atoms with Crippen molar-refractivity contribution in [2.45, 2.75) is 46.5 Å². The van der Waals surface area contributed by atoms with E-state index in [1.165, 1.54) is 5.56 Å². The van der Waals surface area contributed by atoms with Crippen LogP contribution in [0.2, 0.25) is 0 Å². The molecular formula is C21H24N2O2. The smallest absolute Gasteiger partial charge is 0.192 e. The Morgan fingerprint density at radius 2 is 1.64 bits per heavy atom. The Morgan fingerprint density at radius 1 is 0.880 bits per heavy atom. The second kappa shape index (κ2) is 7.09. The highest BCUT2D eigenvalue weighted by Gasteiger charge is 2.09. The molecule has 0 N–H and O–H groups in total. The van der Waals surface area contributed by atoms with Crippen LogP contribution in [-0.2, 0) is 0 Å². The molecule has 130 valence electrons. The summed E-state index contributed by atoms with van der Waals surface area (Å²) in [6, 6.07) is 14.1. The molecule has 2 aromatic carbocycles. The van der Waals surface area contributed by atoms with Gasteiger partial charge >= 0.3 is 0 Å². The van der Waals surface area contributed by atoms with Crippen molar-refractivity contribution in [3.63, 3.8) is 0 Å². The number of oxazole rings is 1. The maximum Gasteiger partial charge on any atom is 0.192 e. The van der Waals surface area contributed by atoms with Gasteiger partial charge in [-0.25, -0.2) is 4.98 Å². The van der Waals surface area contributed by atoms with Crippen molar-refractivity contribution in [2.75, 3.05) is 0 Å². The number of aromatic nitrogens is 2. The molecule has 0 aliphatic heterocycles. The van der Waals surface area contributed by atoms with Gasteiger partial charge in [0.05, 0.1) is 5.69 Å². The lowest BCUT2D eigenvalue weighted by atomic mass is 10.0. The van der Waals surface area contributed by atoms with Crippen LogP contribution in [0.15, 0.2) is 51.4 Å². The van der Waals surface area contributed by atoms with Crippen LogP contribution >= 0.6 is 0 Å². The standard InChI is InChI=1S/C11H13NO.C10H11NO/c1-7(2)9-4-5-10-11(6-9)13-8(3)12-10;1-7(2)10-8-5-3-4-6-9(8)12-11-10/h4-7H,1-3H3;3-7H,1-2H3. The fourth-order valence-electron chi connectivity index (χ4n) is 2.74. The fraction of sp³-hybridized carbons (Fsp3) is 0.333. The quantitative estimate of drug-likeness (QED) is 0.436. The van der Waals surface area contributed by atoms with E-state index in [4.69, 9.17) is 8.94 Å². The fourth-order valence-corrected chi connectivity index (χ4v) is 2.74. The molecule has 0 saturated carbocycles. The molecule has 2 aromatic heterocycles. The third-order valence-electron chi connectivity index (χ3n) is 4.14.